The number of aryl methyl sites for hydroxylation is 2. The molecule has 2 heterocycles. The van der Waals surface area contributed by atoms with Gasteiger partial charge in [0.15, 0.2) is 0 Å². The van der Waals surface area contributed by atoms with E-state index in [2.05, 4.69) is 15.6 Å². The van der Waals surface area contributed by atoms with Gasteiger partial charge in [0.2, 0.25) is 0 Å². The Balaban J connectivity index is 0.00000200. The summed E-state index contributed by atoms with van der Waals surface area (Å²) in [7, 11) is 1.39. The van der Waals surface area contributed by atoms with E-state index in [0.29, 0.717) is 17.3 Å². The Morgan fingerprint density at radius 1 is 1.40 bits per heavy atom. The standard InChI is InChI=1S/C14H21N3O2.ClH/c1-9-8-12(17-11-4-6-15-7-5-11)16-10(2)13(9)14(18)19-3;/h8,11,15H,4-7H2,1-3H3,(H,16,17);1H. The summed E-state index contributed by atoms with van der Waals surface area (Å²) in [6.45, 7) is 5.83. The zero-order chi connectivity index (χ0) is 13.8. The highest BCUT2D eigenvalue weighted by atomic mass is 35.5. The fraction of sp³-hybridized carbons (Fsp3) is 0.571. The first kappa shape index (κ1) is 16.7. The van der Waals surface area contributed by atoms with Crippen molar-refractivity contribution in [2.75, 3.05) is 25.5 Å². The van der Waals surface area contributed by atoms with E-state index in [9.17, 15) is 4.79 Å². The van der Waals surface area contributed by atoms with E-state index >= 15 is 0 Å². The number of pyridine rings is 1. The van der Waals surface area contributed by atoms with Gasteiger partial charge in [-0.15, -0.1) is 12.4 Å². The summed E-state index contributed by atoms with van der Waals surface area (Å²) in [5.41, 5.74) is 2.18. The lowest BCUT2D eigenvalue weighted by Crippen LogP contribution is -2.35. The summed E-state index contributed by atoms with van der Waals surface area (Å²) in [5, 5.41) is 6.78. The molecule has 6 heteroatoms. The highest BCUT2D eigenvalue weighted by Crippen LogP contribution is 2.19. The maximum absolute atomic E-state index is 11.7. The minimum Gasteiger partial charge on any atom is -0.465 e. The van der Waals surface area contributed by atoms with Crippen LogP contribution in [0.15, 0.2) is 6.07 Å². The largest absolute Gasteiger partial charge is 0.465 e. The van der Waals surface area contributed by atoms with Gasteiger partial charge < -0.3 is 15.4 Å². The third kappa shape index (κ3) is 3.84. The van der Waals surface area contributed by atoms with Gasteiger partial charge in [0.25, 0.3) is 0 Å². The van der Waals surface area contributed by atoms with Crippen molar-refractivity contribution in [3.05, 3.63) is 22.9 Å². The fourth-order valence-electron chi connectivity index (χ4n) is 2.49. The van der Waals surface area contributed by atoms with Gasteiger partial charge in [-0.3, -0.25) is 0 Å². The summed E-state index contributed by atoms with van der Waals surface area (Å²) in [4.78, 5) is 16.1. The van der Waals surface area contributed by atoms with Crippen LogP contribution in [-0.4, -0.2) is 37.2 Å². The number of aromatic nitrogens is 1. The summed E-state index contributed by atoms with van der Waals surface area (Å²) in [6.07, 6.45) is 2.19. The molecule has 1 aromatic heterocycles. The molecule has 0 unspecified atom stereocenters. The van der Waals surface area contributed by atoms with Crippen LogP contribution in [0, 0.1) is 13.8 Å². The number of nitrogens with one attached hydrogen (secondary N) is 2. The smallest absolute Gasteiger partial charge is 0.339 e. The van der Waals surface area contributed by atoms with Crippen LogP contribution in [-0.2, 0) is 4.74 Å². The Labute approximate surface area is 125 Å². The quantitative estimate of drug-likeness (QED) is 0.837. The van der Waals surface area contributed by atoms with E-state index in [1.165, 1.54) is 7.11 Å². The molecule has 1 aliphatic heterocycles. The molecule has 0 bridgehead atoms. The van der Waals surface area contributed by atoms with Crippen LogP contribution in [0.2, 0.25) is 0 Å². The van der Waals surface area contributed by atoms with Crippen LogP contribution in [0.5, 0.6) is 0 Å². The number of carbonyl (C=O) groups is 1. The number of halogens is 1. The Bertz CT molecular complexity index is 450. The molecule has 0 saturated carbocycles. The van der Waals surface area contributed by atoms with Crippen molar-refractivity contribution in [2.24, 2.45) is 0 Å². The first-order valence-corrected chi connectivity index (χ1v) is 6.65. The summed E-state index contributed by atoms with van der Waals surface area (Å²) in [6, 6.07) is 2.37. The number of methoxy groups -OCH3 is 1. The molecule has 0 spiro atoms. The van der Waals surface area contributed by atoms with E-state index < -0.39 is 0 Å². The Morgan fingerprint density at radius 3 is 2.60 bits per heavy atom. The Kier molecular flexibility index (Phi) is 6.23. The molecule has 0 amide bonds. The topological polar surface area (TPSA) is 63.2 Å². The molecule has 1 aromatic rings. The first-order valence-electron chi connectivity index (χ1n) is 6.65. The molecule has 112 valence electrons. The Hall–Kier alpha value is -1.33. The molecule has 2 rings (SSSR count). The molecule has 5 nitrogen and oxygen atoms in total. The second-order valence-corrected chi connectivity index (χ2v) is 4.94. The average Bonchev–Trinajstić information content (AvgIpc) is 2.38. The van der Waals surface area contributed by atoms with Gasteiger partial charge in [0.05, 0.1) is 18.4 Å². The maximum Gasteiger partial charge on any atom is 0.339 e. The van der Waals surface area contributed by atoms with Crippen LogP contribution in [0.3, 0.4) is 0 Å². The molecule has 2 N–H and O–H groups in total. The normalized spacial score (nSPS) is 15.3. The SMILES string of the molecule is COC(=O)c1c(C)cc(NC2CCNCC2)nc1C.Cl. The number of anilines is 1. The molecule has 0 radical (unpaired) electrons. The molecule has 1 saturated heterocycles. The van der Waals surface area contributed by atoms with Gasteiger partial charge in [0, 0.05) is 6.04 Å². The number of hydrogen-bond donors (Lipinski definition) is 2. The number of piperidine rings is 1. The number of rotatable bonds is 3. The molecule has 0 aliphatic carbocycles. The van der Waals surface area contributed by atoms with E-state index in [1.54, 1.807) is 0 Å². The Morgan fingerprint density at radius 2 is 2.05 bits per heavy atom. The van der Waals surface area contributed by atoms with Crippen LogP contribution in [0.4, 0.5) is 5.82 Å². The van der Waals surface area contributed by atoms with Crippen molar-refractivity contribution in [1.82, 2.24) is 10.3 Å². The van der Waals surface area contributed by atoms with Gasteiger partial charge in [-0.1, -0.05) is 0 Å². The van der Waals surface area contributed by atoms with Crippen molar-refractivity contribution in [3.8, 4) is 0 Å². The number of hydrogen-bond acceptors (Lipinski definition) is 5. The van der Waals surface area contributed by atoms with Crippen LogP contribution in [0.1, 0.15) is 34.5 Å². The third-order valence-corrected chi connectivity index (χ3v) is 3.48. The van der Waals surface area contributed by atoms with Crippen LogP contribution < -0.4 is 10.6 Å². The van der Waals surface area contributed by atoms with E-state index in [-0.39, 0.29) is 18.4 Å². The molecular formula is C14H22ClN3O2. The fourth-order valence-corrected chi connectivity index (χ4v) is 2.49. The van der Waals surface area contributed by atoms with Gasteiger partial charge in [-0.05, 0) is 51.4 Å². The minimum absolute atomic E-state index is 0. The molecular weight excluding hydrogens is 278 g/mol. The summed E-state index contributed by atoms with van der Waals surface area (Å²) < 4.78 is 4.78. The second kappa shape index (κ2) is 7.45. The highest BCUT2D eigenvalue weighted by molar-refractivity contribution is 5.92. The van der Waals surface area contributed by atoms with Gasteiger partial charge in [-0.25, -0.2) is 9.78 Å². The van der Waals surface area contributed by atoms with E-state index in [0.717, 1.165) is 37.3 Å². The highest BCUT2D eigenvalue weighted by Gasteiger charge is 2.17. The molecule has 20 heavy (non-hydrogen) atoms. The average molecular weight is 300 g/mol. The van der Waals surface area contributed by atoms with Crippen molar-refractivity contribution in [3.63, 3.8) is 0 Å². The lowest BCUT2D eigenvalue weighted by atomic mass is 10.1. The lowest BCUT2D eigenvalue weighted by Gasteiger charge is -2.24. The zero-order valence-electron chi connectivity index (χ0n) is 12.2. The number of carbonyl (C=O) groups excluding carboxylic acids is 1. The van der Waals surface area contributed by atoms with Crippen LogP contribution in [0.25, 0.3) is 0 Å². The molecule has 0 aromatic carbocycles. The third-order valence-electron chi connectivity index (χ3n) is 3.48. The molecule has 1 aliphatic rings. The van der Waals surface area contributed by atoms with E-state index in [1.807, 2.05) is 19.9 Å². The van der Waals surface area contributed by atoms with Gasteiger partial charge >= 0.3 is 5.97 Å². The summed E-state index contributed by atoms with van der Waals surface area (Å²) >= 11 is 0. The zero-order valence-corrected chi connectivity index (χ0v) is 13.0. The maximum atomic E-state index is 11.7. The summed E-state index contributed by atoms with van der Waals surface area (Å²) in [5.74, 6) is 0.519. The lowest BCUT2D eigenvalue weighted by molar-refractivity contribution is 0.0598. The molecule has 0 atom stereocenters. The van der Waals surface area contributed by atoms with Crippen molar-refractivity contribution in [2.45, 2.75) is 32.7 Å². The predicted molar refractivity (Wildman–Crippen MR) is 81.8 cm³/mol. The van der Waals surface area contributed by atoms with Gasteiger partial charge in [0.1, 0.15) is 5.82 Å². The first-order chi connectivity index (χ1) is 9.11. The number of nitrogens with zero attached hydrogens (tertiary/aromatic N) is 1. The van der Waals surface area contributed by atoms with Crippen LogP contribution >= 0.6 is 12.4 Å². The minimum atomic E-state index is -0.323. The van der Waals surface area contributed by atoms with E-state index in [4.69, 9.17) is 4.74 Å². The van der Waals surface area contributed by atoms with Gasteiger partial charge in [-0.2, -0.15) is 0 Å². The second-order valence-electron chi connectivity index (χ2n) is 4.94. The van der Waals surface area contributed by atoms with Crippen molar-refractivity contribution in [1.29, 1.82) is 0 Å². The number of esters is 1. The van der Waals surface area contributed by atoms with Crippen molar-refractivity contribution < 1.29 is 9.53 Å². The predicted octanol–water partition coefficient (Wildman–Crippen LogP) is 2.07. The molecule has 1 fully saturated rings. The monoisotopic (exact) mass is 299 g/mol. The number of ether oxygens (including phenoxy) is 1. The van der Waals surface area contributed by atoms with Crippen molar-refractivity contribution >= 4 is 24.2 Å².